The van der Waals surface area contributed by atoms with Gasteiger partial charge in [0, 0.05) is 38.0 Å². The van der Waals surface area contributed by atoms with E-state index < -0.39 is 0 Å². The van der Waals surface area contributed by atoms with Gasteiger partial charge in [0.1, 0.15) is 5.75 Å². The highest BCUT2D eigenvalue weighted by Gasteiger charge is 2.21. The van der Waals surface area contributed by atoms with Gasteiger partial charge in [-0.3, -0.25) is 4.99 Å². The molecule has 0 fully saturated rings. The lowest BCUT2D eigenvalue weighted by Gasteiger charge is -2.28. The number of guanidine groups is 1. The molecule has 1 N–H and O–H groups in total. The van der Waals surface area contributed by atoms with Crippen molar-refractivity contribution in [2.45, 2.75) is 18.8 Å². The molecule has 0 aliphatic carbocycles. The summed E-state index contributed by atoms with van der Waals surface area (Å²) in [5.41, 5.74) is 1.30. The van der Waals surface area contributed by atoms with Crippen LogP contribution >= 0.6 is 11.3 Å². The Morgan fingerprint density at radius 1 is 1.33 bits per heavy atom. The summed E-state index contributed by atoms with van der Waals surface area (Å²) >= 11 is 1.81. The molecule has 1 aliphatic heterocycles. The minimum atomic E-state index is 0.470. The Morgan fingerprint density at radius 3 is 3.00 bits per heavy atom. The standard InChI is InChI=1S/C19H25N3OS/c1-20-19(22(2)11-9-16-6-5-13-24-16)21-14-15-10-12-23-18-8-4-3-7-17(15)18/h3-8,13,15H,9-12,14H2,1-2H3,(H,20,21). The Labute approximate surface area is 148 Å². The van der Waals surface area contributed by atoms with Crippen LogP contribution in [-0.2, 0) is 6.42 Å². The van der Waals surface area contributed by atoms with Crippen molar-refractivity contribution in [2.24, 2.45) is 4.99 Å². The van der Waals surface area contributed by atoms with Crippen LogP contribution in [0, 0.1) is 0 Å². The molecule has 4 nitrogen and oxygen atoms in total. The number of fused-ring (bicyclic) bond motifs is 1. The number of rotatable bonds is 5. The van der Waals surface area contributed by atoms with E-state index in [4.69, 9.17) is 4.74 Å². The number of aliphatic imine (C=N–C) groups is 1. The maximum absolute atomic E-state index is 5.75. The number of para-hydroxylation sites is 1. The van der Waals surface area contributed by atoms with Gasteiger partial charge in [0.2, 0.25) is 0 Å². The Kier molecular flexibility index (Phi) is 5.75. The minimum Gasteiger partial charge on any atom is -0.493 e. The van der Waals surface area contributed by atoms with Crippen LogP contribution in [0.4, 0.5) is 0 Å². The molecule has 3 rings (SSSR count). The molecule has 24 heavy (non-hydrogen) atoms. The molecular weight excluding hydrogens is 318 g/mol. The predicted molar refractivity (Wildman–Crippen MR) is 101 cm³/mol. The monoisotopic (exact) mass is 343 g/mol. The van der Waals surface area contributed by atoms with Crippen LogP contribution in [0.15, 0.2) is 46.8 Å². The van der Waals surface area contributed by atoms with Crippen LogP contribution in [0.1, 0.15) is 22.8 Å². The van der Waals surface area contributed by atoms with E-state index in [1.165, 1.54) is 10.4 Å². The third-order valence-electron chi connectivity index (χ3n) is 4.44. The topological polar surface area (TPSA) is 36.9 Å². The van der Waals surface area contributed by atoms with Gasteiger partial charge in [0.05, 0.1) is 6.61 Å². The average molecular weight is 343 g/mol. The summed E-state index contributed by atoms with van der Waals surface area (Å²) < 4.78 is 5.75. The molecule has 1 aliphatic rings. The first-order valence-electron chi connectivity index (χ1n) is 8.44. The van der Waals surface area contributed by atoms with E-state index in [1.807, 2.05) is 24.5 Å². The maximum Gasteiger partial charge on any atom is 0.193 e. The summed E-state index contributed by atoms with van der Waals surface area (Å²) in [7, 11) is 3.95. The van der Waals surface area contributed by atoms with Crippen molar-refractivity contribution in [3.63, 3.8) is 0 Å². The first-order valence-corrected chi connectivity index (χ1v) is 9.32. The highest BCUT2D eigenvalue weighted by molar-refractivity contribution is 7.09. The lowest BCUT2D eigenvalue weighted by molar-refractivity contribution is 0.266. The van der Waals surface area contributed by atoms with Crippen molar-refractivity contribution < 1.29 is 4.74 Å². The van der Waals surface area contributed by atoms with Crippen LogP contribution in [-0.4, -0.2) is 44.7 Å². The number of likely N-dealkylation sites (N-methyl/N-ethyl adjacent to an activating group) is 1. The summed E-state index contributed by atoms with van der Waals surface area (Å²) in [6.07, 6.45) is 2.09. The molecule has 2 heterocycles. The second-order valence-electron chi connectivity index (χ2n) is 6.05. The summed E-state index contributed by atoms with van der Waals surface area (Å²) in [6, 6.07) is 12.6. The molecule has 5 heteroatoms. The number of hydrogen-bond acceptors (Lipinski definition) is 3. The number of nitrogens with zero attached hydrogens (tertiary/aromatic N) is 2. The largest absolute Gasteiger partial charge is 0.493 e. The number of thiophene rings is 1. The summed E-state index contributed by atoms with van der Waals surface area (Å²) in [5.74, 6) is 2.45. The van der Waals surface area contributed by atoms with Crippen molar-refractivity contribution >= 4 is 17.3 Å². The molecule has 0 spiro atoms. The van der Waals surface area contributed by atoms with Crippen molar-refractivity contribution in [3.05, 3.63) is 52.2 Å². The van der Waals surface area contributed by atoms with Gasteiger partial charge >= 0.3 is 0 Å². The zero-order valence-electron chi connectivity index (χ0n) is 14.4. The van der Waals surface area contributed by atoms with Gasteiger partial charge in [-0.2, -0.15) is 0 Å². The summed E-state index contributed by atoms with van der Waals surface area (Å²) in [5, 5.41) is 5.66. The molecule has 0 bridgehead atoms. The van der Waals surface area contributed by atoms with Crippen molar-refractivity contribution in [1.82, 2.24) is 10.2 Å². The zero-order valence-corrected chi connectivity index (χ0v) is 15.2. The van der Waals surface area contributed by atoms with Crippen LogP contribution in [0.2, 0.25) is 0 Å². The average Bonchev–Trinajstić information content (AvgIpc) is 3.14. The van der Waals surface area contributed by atoms with Crippen molar-refractivity contribution in [1.29, 1.82) is 0 Å². The molecule has 1 atom stereocenters. The van der Waals surface area contributed by atoms with Crippen LogP contribution in [0.3, 0.4) is 0 Å². The Bertz CT molecular complexity index is 669. The van der Waals surface area contributed by atoms with Gasteiger partial charge in [0.25, 0.3) is 0 Å². The van der Waals surface area contributed by atoms with Gasteiger partial charge in [-0.1, -0.05) is 24.3 Å². The fraction of sp³-hybridized carbons (Fsp3) is 0.421. The normalized spacial score (nSPS) is 17.1. The Hall–Kier alpha value is -2.01. The fourth-order valence-corrected chi connectivity index (χ4v) is 3.76. The van der Waals surface area contributed by atoms with Crippen LogP contribution in [0.5, 0.6) is 5.75 Å². The maximum atomic E-state index is 5.75. The molecule has 2 aromatic rings. The second-order valence-corrected chi connectivity index (χ2v) is 7.08. The molecule has 128 valence electrons. The Morgan fingerprint density at radius 2 is 2.21 bits per heavy atom. The zero-order chi connectivity index (χ0) is 16.8. The lowest BCUT2D eigenvalue weighted by atomic mass is 9.93. The molecule has 0 radical (unpaired) electrons. The molecule has 1 aromatic heterocycles. The number of nitrogens with one attached hydrogen (secondary N) is 1. The number of ether oxygens (including phenoxy) is 1. The lowest BCUT2D eigenvalue weighted by Crippen LogP contribution is -2.42. The van der Waals surface area contributed by atoms with E-state index in [1.54, 1.807) is 0 Å². The summed E-state index contributed by atoms with van der Waals surface area (Å²) in [4.78, 5) is 8.04. The quantitative estimate of drug-likeness (QED) is 0.668. The van der Waals surface area contributed by atoms with E-state index >= 15 is 0 Å². The van der Waals surface area contributed by atoms with Gasteiger partial charge < -0.3 is 15.0 Å². The van der Waals surface area contributed by atoms with E-state index in [0.717, 1.165) is 44.2 Å². The third-order valence-corrected chi connectivity index (χ3v) is 5.37. The minimum absolute atomic E-state index is 0.470. The van der Waals surface area contributed by atoms with Crippen LogP contribution < -0.4 is 10.1 Å². The molecular formula is C19H25N3OS. The molecule has 1 unspecified atom stereocenters. The molecule has 0 amide bonds. The van der Waals surface area contributed by atoms with E-state index in [9.17, 15) is 0 Å². The first kappa shape index (κ1) is 16.8. The van der Waals surface area contributed by atoms with Gasteiger partial charge in [-0.05, 0) is 35.9 Å². The number of hydrogen-bond donors (Lipinski definition) is 1. The summed E-state index contributed by atoms with van der Waals surface area (Å²) in [6.45, 7) is 2.64. The fourth-order valence-electron chi connectivity index (χ4n) is 3.07. The third kappa shape index (κ3) is 4.09. The molecule has 1 aromatic carbocycles. The smallest absolute Gasteiger partial charge is 0.193 e. The predicted octanol–water partition coefficient (Wildman–Crippen LogP) is 3.36. The number of benzene rings is 1. The Balaban J connectivity index is 1.54. The van der Waals surface area contributed by atoms with E-state index in [0.29, 0.717) is 5.92 Å². The first-order chi connectivity index (χ1) is 11.8. The van der Waals surface area contributed by atoms with Gasteiger partial charge in [0.15, 0.2) is 5.96 Å². The molecule has 0 saturated carbocycles. The van der Waals surface area contributed by atoms with Crippen molar-refractivity contribution in [2.75, 3.05) is 33.8 Å². The van der Waals surface area contributed by atoms with Gasteiger partial charge in [-0.15, -0.1) is 11.3 Å². The SMILES string of the molecule is CN=C(NCC1CCOc2ccccc21)N(C)CCc1cccs1. The van der Waals surface area contributed by atoms with E-state index in [-0.39, 0.29) is 0 Å². The molecule has 0 saturated heterocycles. The highest BCUT2D eigenvalue weighted by atomic mass is 32.1. The van der Waals surface area contributed by atoms with E-state index in [2.05, 4.69) is 58.0 Å². The van der Waals surface area contributed by atoms with Gasteiger partial charge in [-0.25, -0.2) is 0 Å². The highest BCUT2D eigenvalue weighted by Crippen LogP contribution is 2.32. The van der Waals surface area contributed by atoms with Crippen LogP contribution in [0.25, 0.3) is 0 Å². The van der Waals surface area contributed by atoms with Crippen molar-refractivity contribution in [3.8, 4) is 5.75 Å². The second kappa shape index (κ2) is 8.20.